The van der Waals surface area contributed by atoms with Gasteiger partial charge in [0.2, 0.25) is 0 Å². The summed E-state index contributed by atoms with van der Waals surface area (Å²) in [6.45, 7) is 3.28. The molecule has 0 saturated carbocycles. The summed E-state index contributed by atoms with van der Waals surface area (Å²) in [4.78, 5) is 0. The molecule has 1 fully saturated rings. The van der Waals surface area contributed by atoms with Crippen molar-refractivity contribution in [3.8, 4) is 0 Å². The molecular formula is C12H16FNO. The Bertz CT molecular complexity index is 338. The van der Waals surface area contributed by atoms with Crippen LogP contribution in [0.15, 0.2) is 18.2 Å². The van der Waals surface area contributed by atoms with Crippen molar-refractivity contribution in [3.05, 3.63) is 35.1 Å². The first-order chi connectivity index (χ1) is 7.10. The molecule has 1 aliphatic rings. The lowest BCUT2D eigenvalue weighted by Gasteiger charge is -2.33. The lowest BCUT2D eigenvalue weighted by Crippen LogP contribution is -2.43. The van der Waals surface area contributed by atoms with Gasteiger partial charge in [-0.15, -0.1) is 0 Å². The molecule has 1 atom stereocenters. The minimum atomic E-state index is -0.898. The number of aliphatic hydroxyl groups is 1. The van der Waals surface area contributed by atoms with E-state index in [0.29, 0.717) is 18.5 Å². The third-order valence-electron chi connectivity index (χ3n) is 2.94. The second-order valence-corrected chi connectivity index (χ2v) is 4.33. The maximum atomic E-state index is 13.2. The van der Waals surface area contributed by atoms with Crippen LogP contribution in [0.1, 0.15) is 24.0 Å². The van der Waals surface area contributed by atoms with E-state index in [2.05, 4.69) is 5.32 Å². The molecule has 2 rings (SSSR count). The Hall–Kier alpha value is -0.930. The number of hydrogen-bond acceptors (Lipinski definition) is 2. The van der Waals surface area contributed by atoms with E-state index in [1.807, 2.05) is 13.0 Å². The van der Waals surface area contributed by atoms with Gasteiger partial charge in [-0.2, -0.15) is 0 Å². The van der Waals surface area contributed by atoms with Crippen LogP contribution in [0.4, 0.5) is 4.39 Å². The van der Waals surface area contributed by atoms with Gasteiger partial charge in [-0.25, -0.2) is 4.39 Å². The molecule has 1 aliphatic heterocycles. The van der Waals surface area contributed by atoms with Crippen molar-refractivity contribution in [3.63, 3.8) is 0 Å². The standard InChI is InChI=1S/C12H16FNO/c1-9-5-10(7-11(13)6-9)12(15)3-2-4-14-8-12/h5-7,14-15H,2-4,8H2,1H3. The highest BCUT2D eigenvalue weighted by Gasteiger charge is 2.31. The smallest absolute Gasteiger partial charge is 0.123 e. The third-order valence-corrected chi connectivity index (χ3v) is 2.94. The van der Waals surface area contributed by atoms with Gasteiger partial charge < -0.3 is 10.4 Å². The van der Waals surface area contributed by atoms with Crippen LogP contribution in [0.25, 0.3) is 0 Å². The second-order valence-electron chi connectivity index (χ2n) is 4.33. The average Bonchev–Trinajstić information content (AvgIpc) is 2.17. The Labute approximate surface area is 89.1 Å². The molecule has 1 aromatic rings. The van der Waals surface area contributed by atoms with Gasteiger partial charge in [0, 0.05) is 6.54 Å². The van der Waals surface area contributed by atoms with Crippen molar-refractivity contribution >= 4 is 0 Å². The largest absolute Gasteiger partial charge is 0.384 e. The zero-order chi connectivity index (χ0) is 10.9. The molecule has 0 aliphatic carbocycles. The number of β-amino-alcohol motifs (C(OH)–C–C–N with tert-alkyl or cyclic N) is 1. The maximum absolute atomic E-state index is 13.2. The van der Waals surface area contributed by atoms with Crippen molar-refractivity contribution < 1.29 is 9.50 Å². The third kappa shape index (κ3) is 2.19. The molecule has 82 valence electrons. The van der Waals surface area contributed by atoms with Gasteiger partial charge in [-0.1, -0.05) is 6.07 Å². The Kier molecular flexibility index (Phi) is 2.76. The molecule has 1 saturated heterocycles. The van der Waals surface area contributed by atoms with Crippen molar-refractivity contribution in [2.24, 2.45) is 0 Å². The van der Waals surface area contributed by atoms with Gasteiger partial charge in [0.05, 0.1) is 0 Å². The molecule has 0 radical (unpaired) electrons. The van der Waals surface area contributed by atoms with E-state index in [0.717, 1.165) is 18.5 Å². The van der Waals surface area contributed by atoms with Gasteiger partial charge in [0.25, 0.3) is 0 Å². The van der Waals surface area contributed by atoms with E-state index >= 15 is 0 Å². The molecule has 0 spiro atoms. The number of rotatable bonds is 1. The first kappa shape index (κ1) is 10.6. The summed E-state index contributed by atoms with van der Waals surface area (Å²) < 4.78 is 13.2. The molecule has 2 N–H and O–H groups in total. The van der Waals surface area contributed by atoms with Crippen molar-refractivity contribution in [1.82, 2.24) is 5.32 Å². The van der Waals surface area contributed by atoms with E-state index in [9.17, 15) is 9.50 Å². The predicted octanol–water partition coefficient (Wildman–Crippen LogP) is 1.71. The Morgan fingerprint density at radius 3 is 2.80 bits per heavy atom. The summed E-state index contributed by atoms with van der Waals surface area (Å²) in [5.74, 6) is -0.274. The van der Waals surface area contributed by atoms with Crippen LogP contribution in [-0.2, 0) is 5.60 Å². The number of piperidine rings is 1. The summed E-state index contributed by atoms with van der Waals surface area (Å²) >= 11 is 0. The summed E-state index contributed by atoms with van der Waals surface area (Å²) in [6, 6.07) is 4.76. The molecule has 15 heavy (non-hydrogen) atoms. The van der Waals surface area contributed by atoms with Crippen LogP contribution in [0.2, 0.25) is 0 Å². The van der Waals surface area contributed by atoms with Crippen LogP contribution < -0.4 is 5.32 Å². The molecule has 1 heterocycles. The fraction of sp³-hybridized carbons (Fsp3) is 0.500. The molecule has 1 unspecified atom stereocenters. The SMILES string of the molecule is Cc1cc(F)cc(C2(O)CCCNC2)c1. The number of benzene rings is 1. The van der Waals surface area contributed by atoms with E-state index < -0.39 is 5.60 Å². The van der Waals surface area contributed by atoms with Gasteiger partial charge >= 0.3 is 0 Å². The first-order valence-electron chi connectivity index (χ1n) is 5.31. The maximum Gasteiger partial charge on any atom is 0.123 e. The van der Waals surface area contributed by atoms with Crippen LogP contribution in [0.3, 0.4) is 0 Å². The lowest BCUT2D eigenvalue weighted by atomic mass is 9.86. The molecule has 2 nitrogen and oxygen atoms in total. The summed E-state index contributed by atoms with van der Waals surface area (Å²) in [7, 11) is 0. The van der Waals surface area contributed by atoms with Gasteiger partial charge in [0.1, 0.15) is 11.4 Å². The fourth-order valence-electron chi connectivity index (χ4n) is 2.14. The number of hydrogen-bond donors (Lipinski definition) is 2. The molecule has 3 heteroatoms. The highest BCUT2D eigenvalue weighted by molar-refractivity contribution is 5.29. The first-order valence-corrected chi connectivity index (χ1v) is 5.31. The van der Waals surface area contributed by atoms with Crippen molar-refractivity contribution in [2.45, 2.75) is 25.4 Å². The Balaban J connectivity index is 2.34. The highest BCUT2D eigenvalue weighted by atomic mass is 19.1. The Morgan fingerprint density at radius 2 is 2.20 bits per heavy atom. The van der Waals surface area contributed by atoms with E-state index in [1.54, 1.807) is 0 Å². The van der Waals surface area contributed by atoms with Crippen LogP contribution in [0.5, 0.6) is 0 Å². The van der Waals surface area contributed by atoms with E-state index in [4.69, 9.17) is 0 Å². The van der Waals surface area contributed by atoms with Gasteiger partial charge in [-0.05, 0) is 49.6 Å². The van der Waals surface area contributed by atoms with Crippen LogP contribution >= 0.6 is 0 Å². The summed E-state index contributed by atoms with van der Waals surface area (Å²) in [5.41, 5.74) is 0.640. The van der Waals surface area contributed by atoms with E-state index in [-0.39, 0.29) is 5.82 Å². The molecular weight excluding hydrogens is 193 g/mol. The number of nitrogens with one attached hydrogen (secondary N) is 1. The summed E-state index contributed by atoms with van der Waals surface area (Å²) in [6.07, 6.45) is 1.62. The quantitative estimate of drug-likeness (QED) is 0.738. The van der Waals surface area contributed by atoms with Crippen molar-refractivity contribution in [2.75, 3.05) is 13.1 Å². The molecule has 0 bridgehead atoms. The fourth-order valence-corrected chi connectivity index (χ4v) is 2.14. The molecule has 0 aromatic heterocycles. The topological polar surface area (TPSA) is 32.3 Å². The minimum absolute atomic E-state index is 0.274. The number of aryl methyl sites for hydroxylation is 1. The number of halogens is 1. The second kappa shape index (κ2) is 3.91. The molecule has 1 aromatic carbocycles. The predicted molar refractivity (Wildman–Crippen MR) is 57.1 cm³/mol. The van der Waals surface area contributed by atoms with Crippen LogP contribution in [-0.4, -0.2) is 18.2 Å². The van der Waals surface area contributed by atoms with Gasteiger partial charge in [0.15, 0.2) is 0 Å². The minimum Gasteiger partial charge on any atom is -0.384 e. The Morgan fingerprint density at radius 1 is 1.40 bits per heavy atom. The molecule has 0 amide bonds. The van der Waals surface area contributed by atoms with Gasteiger partial charge in [-0.3, -0.25) is 0 Å². The lowest BCUT2D eigenvalue weighted by molar-refractivity contribution is 0.0120. The van der Waals surface area contributed by atoms with Crippen LogP contribution in [0, 0.1) is 12.7 Å². The zero-order valence-electron chi connectivity index (χ0n) is 8.89. The summed E-state index contributed by atoms with van der Waals surface area (Å²) in [5, 5.41) is 13.5. The van der Waals surface area contributed by atoms with E-state index in [1.165, 1.54) is 12.1 Å². The van der Waals surface area contributed by atoms with Crippen molar-refractivity contribution in [1.29, 1.82) is 0 Å². The zero-order valence-corrected chi connectivity index (χ0v) is 8.89. The normalized spacial score (nSPS) is 26.6. The highest BCUT2D eigenvalue weighted by Crippen LogP contribution is 2.29. The average molecular weight is 209 g/mol. The monoisotopic (exact) mass is 209 g/mol.